The third-order valence-corrected chi connectivity index (χ3v) is 4.92. The monoisotopic (exact) mass is 319 g/mol. The van der Waals surface area contributed by atoms with E-state index in [9.17, 15) is 0 Å². The predicted octanol–water partition coefficient (Wildman–Crippen LogP) is 1.03. The summed E-state index contributed by atoms with van der Waals surface area (Å²) >= 11 is 1.73. The van der Waals surface area contributed by atoms with Gasteiger partial charge in [-0.25, -0.2) is 14.6 Å². The predicted molar refractivity (Wildman–Crippen MR) is 87.1 cm³/mol. The van der Waals surface area contributed by atoms with Crippen molar-refractivity contribution < 1.29 is 0 Å². The van der Waals surface area contributed by atoms with Gasteiger partial charge in [-0.2, -0.15) is 5.10 Å². The molecule has 0 aromatic carbocycles. The molecule has 0 spiro atoms. The number of hydrogen-bond donors (Lipinski definition) is 2. The first-order chi connectivity index (χ1) is 10.7. The quantitative estimate of drug-likeness (QED) is 0.652. The maximum absolute atomic E-state index is 4.54. The average molecular weight is 319 g/mol. The van der Waals surface area contributed by atoms with E-state index < -0.39 is 0 Å². The summed E-state index contributed by atoms with van der Waals surface area (Å²) < 4.78 is 1.96. The van der Waals surface area contributed by atoms with E-state index in [1.165, 1.54) is 4.88 Å². The molecule has 2 N–H and O–H groups in total. The van der Waals surface area contributed by atoms with Gasteiger partial charge in [-0.1, -0.05) is 0 Å². The Morgan fingerprint density at radius 2 is 2.36 bits per heavy atom. The number of guanidine groups is 1. The van der Waals surface area contributed by atoms with E-state index >= 15 is 0 Å². The smallest absolute Gasteiger partial charge is 0.191 e. The van der Waals surface area contributed by atoms with E-state index in [0.717, 1.165) is 41.9 Å². The molecule has 0 radical (unpaired) electrons. The van der Waals surface area contributed by atoms with Crippen LogP contribution in [0.2, 0.25) is 0 Å². The summed E-state index contributed by atoms with van der Waals surface area (Å²) in [5.74, 6) is 1.87. The summed E-state index contributed by atoms with van der Waals surface area (Å²) in [4.78, 5) is 14.4. The average Bonchev–Trinajstić information content (AvgIpc) is 3.10. The molecule has 1 atom stereocenters. The van der Waals surface area contributed by atoms with Crippen LogP contribution in [-0.2, 0) is 19.5 Å². The lowest BCUT2D eigenvalue weighted by Crippen LogP contribution is -2.46. The molecule has 3 heterocycles. The minimum atomic E-state index is 0.320. The van der Waals surface area contributed by atoms with Gasteiger partial charge < -0.3 is 10.6 Å². The van der Waals surface area contributed by atoms with Gasteiger partial charge in [-0.15, -0.1) is 11.3 Å². The zero-order valence-electron chi connectivity index (χ0n) is 13.1. The Morgan fingerprint density at radius 3 is 3.09 bits per heavy atom. The zero-order valence-corrected chi connectivity index (χ0v) is 13.9. The van der Waals surface area contributed by atoms with Crippen LogP contribution in [0.1, 0.15) is 27.8 Å². The third-order valence-electron chi connectivity index (χ3n) is 3.85. The maximum atomic E-state index is 4.54. The molecule has 22 heavy (non-hydrogen) atoms. The number of rotatable bonds is 3. The van der Waals surface area contributed by atoms with Crippen LogP contribution in [0.5, 0.6) is 0 Å². The molecule has 1 aliphatic rings. The van der Waals surface area contributed by atoms with Gasteiger partial charge in [0.25, 0.3) is 0 Å². The van der Waals surface area contributed by atoms with E-state index in [0.29, 0.717) is 12.6 Å². The number of fused-ring (bicyclic) bond motifs is 1. The normalized spacial score (nSPS) is 18.1. The molecule has 0 saturated heterocycles. The van der Waals surface area contributed by atoms with Crippen molar-refractivity contribution in [3.8, 4) is 0 Å². The lowest BCUT2D eigenvalue weighted by Gasteiger charge is -2.25. The van der Waals surface area contributed by atoms with Crippen molar-refractivity contribution in [1.82, 2.24) is 30.4 Å². The van der Waals surface area contributed by atoms with Crippen molar-refractivity contribution in [3.63, 3.8) is 0 Å². The number of hydrogen-bond acceptors (Lipinski definition) is 5. The van der Waals surface area contributed by atoms with E-state index in [4.69, 9.17) is 0 Å². The maximum Gasteiger partial charge on any atom is 0.191 e. The van der Waals surface area contributed by atoms with Crippen LogP contribution in [-0.4, -0.2) is 38.8 Å². The topological polar surface area (TPSA) is 80.0 Å². The minimum absolute atomic E-state index is 0.320. The van der Waals surface area contributed by atoms with E-state index in [-0.39, 0.29) is 0 Å². The molecule has 1 unspecified atom stereocenters. The van der Waals surface area contributed by atoms with Gasteiger partial charge in [-0.3, -0.25) is 4.99 Å². The summed E-state index contributed by atoms with van der Waals surface area (Å²) in [6.45, 7) is 5.66. The van der Waals surface area contributed by atoms with Crippen LogP contribution in [0.3, 0.4) is 0 Å². The Bertz CT molecular complexity index is 653. The molecule has 8 heteroatoms. The number of nitrogens with one attached hydrogen (secondary N) is 2. The molecular weight excluding hydrogens is 298 g/mol. The highest BCUT2D eigenvalue weighted by atomic mass is 32.1. The first kappa shape index (κ1) is 15.0. The number of aryl methyl sites for hydroxylation is 3. The Morgan fingerprint density at radius 1 is 1.50 bits per heavy atom. The molecular formula is C14H21N7S. The van der Waals surface area contributed by atoms with E-state index in [1.54, 1.807) is 24.7 Å². The Hall–Kier alpha value is -1.96. The second-order valence-electron chi connectivity index (χ2n) is 5.41. The summed E-state index contributed by atoms with van der Waals surface area (Å²) in [6.07, 6.45) is 3.60. The Kier molecular flexibility index (Phi) is 4.37. The highest BCUT2D eigenvalue weighted by molar-refractivity contribution is 7.11. The fourth-order valence-electron chi connectivity index (χ4n) is 2.52. The van der Waals surface area contributed by atoms with Crippen LogP contribution in [0, 0.1) is 13.8 Å². The van der Waals surface area contributed by atoms with Gasteiger partial charge in [0.2, 0.25) is 0 Å². The van der Waals surface area contributed by atoms with Gasteiger partial charge >= 0.3 is 0 Å². The van der Waals surface area contributed by atoms with Gasteiger partial charge in [0.05, 0.1) is 18.8 Å². The summed E-state index contributed by atoms with van der Waals surface area (Å²) in [6, 6.07) is 0.320. The van der Waals surface area contributed by atoms with Crippen LogP contribution >= 0.6 is 11.3 Å². The van der Waals surface area contributed by atoms with Crippen LogP contribution < -0.4 is 10.6 Å². The second kappa shape index (κ2) is 6.43. The van der Waals surface area contributed by atoms with Crippen molar-refractivity contribution >= 4 is 17.3 Å². The summed E-state index contributed by atoms with van der Waals surface area (Å²) in [7, 11) is 1.79. The standard InChI is InChI=1S/C14H21N7S/c1-9-10(2)22-13(19-9)6-16-14(15-3)20-11-4-5-12-17-8-18-21(12)7-11/h8,11H,4-7H2,1-3H3,(H2,15,16,20). The number of aliphatic imine (C=N–C) groups is 1. The molecule has 1 aliphatic heterocycles. The molecule has 0 saturated carbocycles. The van der Waals surface area contributed by atoms with Gasteiger partial charge in [0, 0.05) is 24.4 Å². The van der Waals surface area contributed by atoms with Gasteiger partial charge in [0.15, 0.2) is 5.96 Å². The number of thiazole rings is 1. The Labute approximate surface area is 133 Å². The van der Waals surface area contributed by atoms with Crippen molar-refractivity contribution in [3.05, 3.63) is 27.7 Å². The fourth-order valence-corrected chi connectivity index (χ4v) is 3.39. The summed E-state index contributed by atoms with van der Waals surface area (Å²) in [5.41, 5.74) is 1.11. The van der Waals surface area contributed by atoms with Crippen LogP contribution in [0.4, 0.5) is 0 Å². The molecule has 0 amide bonds. The highest BCUT2D eigenvalue weighted by Gasteiger charge is 2.20. The molecule has 2 aromatic heterocycles. The van der Waals surface area contributed by atoms with Crippen LogP contribution in [0.25, 0.3) is 0 Å². The van der Waals surface area contributed by atoms with Crippen molar-refractivity contribution in [2.45, 2.75) is 45.8 Å². The van der Waals surface area contributed by atoms with E-state index in [2.05, 4.69) is 37.6 Å². The van der Waals surface area contributed by atoms with E-state index in [1.807, 2.05) is 11.6 Å². The molecule has 7 nitrogen and oxygen atoms in total. The minimum Gasteiger partial charge on any atom is -0.352 e. The lowest BCUT2D eigenvalue weighted by atomic mass is 10.1. The first-order valence-electron chi connectivity index (χ1n) is 7.42. The van der Waals surface area contributed by atoms with Crippen molar-refractivity contribution in [2.24, 2.45) is 4.99 Å². The van der Waals surface area contributed by atoms with Gasteiger partial charge in [0.1, 0.15) is 17.2 Å². The van der Waals surface area contributed by atoms with Crippen molar-refractivity contribution in [2.75, 3.05) is 7.05 Å². The van der Waals surface area contributed by atoms with Crippen LogP contribution in [0.15, 0.2) is 11.3 Å². The molecule has 0 fully saturated rings. The molecule has 118 valence electrons. The molecule has 3 rings (SSSR count). The molecule has 0 bridgehead atoms. The molecule has 2 aromatic rings. The zero-order chi connectivity index (χ0) is 15.5. The second-order valence-corrected chi connectivity index (χ2v) is 6.70. The van der Waals surface area contributed by atoms with Crippen molar-refractivity contribution in [1.29, 1.82) is 0 Å². The Balaban J connectivity index is 1.54. The largest absolute Gasteiger partial charge is 0.352 e. The SMILES string of the molecule is CN=C(NCc1nc(C)c(C)s1)NC1CCc2ncnn2C1. The summed E-state index contributed by atoms with van der Waals surface area (Å²) in [5, 5.41) is 12.1. The first-order valence-corrected chi connectivity index (χ1v) is 8.24. The number of aromatic nitrogens is 4. The van der Waals surface area contributed by atoms with Gasteiger partial charge in [-0.05, 0) is 20.3 Å². The lowest BCUT2D eigenvalue weighted by molar-refractivity contribution is 0.392. The number of nitrogens with zero attached hydrogens (tertiary/aromatic N) is 5. The highest BCUT2D eigenvalue weighted by Crippen LogP contribution is 2.16. The molecule has 0 aliphatic carbocycles. The third kappa shape index (κ3) is 3.27. The fraction of sp³-hybridized carbons (Fsp3) is 0.571.